The van der Waals surface area contributed by atoms with Gasteiger partial charge in [-0.2, -0.15) is 18.4 Å². The van der Waals surface area contributed by atoms with E-state index < -0.39 is 29.0 Å². The summed E-state index contributed by atoms with van der Waals surface area (Å²) in [5.74, 6) is -1.60. The number of nitrogens with zero attached hydrogens (tertiary/aromatic N) is 2. The highest BCUT2D eigenvalue weighted by Gasteiger charge is 2.39. The molecule has 0 bridgehead atoms. The first-order valence-electron chi connectivity index (χ1n) is 6.22. The first-order chi connectivity index (χ1) is 9.84. The molecule has 0 saturated heterocycles. The molecule has 0 saturated carbocycles. The van der Waals surface area contributed by atoms with Gasteiger partial charge in [-0.05, 0) is 31.2 Å². The summed E-state index contributed by atoms with van der Waals surface area (Å²) in [5.41, 5.74) is -1.08. The predicted molar refractivity (Wildman–Crippen MR) is 69.0 cm³/mol. The van der Waals surface area contributed by atoms with Gasteiger partial charge >= 0.3 is 12.1 Å². The van der Waals surface area contributed by atoms with Crippen LogP contribution in [0.3, 0.4) is 0 Å². The zero-order valence-electron chi connectivity index (χ0n) is 10.8. The van der Waals surface area contributed by atoms with Crippen LogP contribution in [0, 0.1) is 11.3 Å². The Kier molecular flexibility index (Phi) is 4.42. The highest BCUT2D eigenvalue weighted by molar-refractivity contribution is 7.99. The van der Waals surface area contributed by atoms with E-state index in [0.29, 0.717) is 30.3 Å². The fraction of sp³-hybridized carbons (Fsp3) is 0.462. The third-order valence-electron chi connectivity index (χ3n) is 3.17. The van der Waals surface area contributed by atoms with Crippen molar-refractivity contribution in [3.63, 3.8) is 0 Å². The number of hydrogen-bond acceptors (Lipinski definition) is 4. The normalized spacial score (nSPS) is 14.4. The van der Waals surface area contributed by atoms with Crippen molar-refractivity contribution < 1.29 is 23.1 Å². The molecule has 2 rings (SSSR count). The Balaban J connectivity index is 2.62. The second-order valence-electron chi connectivity index (χ2n) is 4.59. The van der Waals surface area contributed by atoms with E-state index in [1.54, 1.807) is 6.07 Å². The zero-order valence-corrected chi connectivity index (χ0v) is 11.6. The van der Waals surface area contributed by atoms with E-state index in [1.807, 2.05) is 0 Å². The molecule has 4 nitrogen and oxygen atoms in total. The number of aliphatic carboxylic acids is 1. The fourth-order valence-corrected chi connectivity index (χ4v) is 3.10. The summed E-state index contributed by atoms with van der Waals surface area (Å²) in [7, 11) is 0. The van der Waals surface area contributed by atoms with Crippen LogP contribution in [-0.2, 0) is 23.8 Å². The molecule has 1 aromatic heterocycles. The Morgan fingerprint density at radius 2 is 2.05 bits per heavy atom. The van der Waals surface area contributed by atoms with Gasteiger partial charge in [0, 0.05) is 5.69 Å². The number of aromatic nitrogens is 1. The van der Waals surface area contributed by atoms with Crippen LogP contribution >= 0.6 is 11.8 Å². The molecule has 0 aliphatic heterocycles. The van der Waals surface area contributed by atoms with Crippen LogP contribution in [0.2, 0.25) is 0 Å². The van der Waals surface area contributed by atoms with Gasteiger partial charge in [-0.1, -0.05) is 11.8 Å². The molecule has 0 atom stereocenters. The lowest BCUT2D eigenvalue weighted by atomic mass is 9.90. The summed E-state index contributed by atoms with van der Waals surface area (Å²) in [6.45, 7) is 0. The van der Waals surface area contributed by atoms with Crippen molar-refractivity contribution >= 4 is 17.7 Å². The van der Waals surface area contributed by atoms with Crippen molar-refractivity contribution in [3.8, 4) is 6.07 Å². The Bertz CT molecular complexity index is 623. The number of thioether (sulfide) groups is 1. The van der Waals surface area contributed by atoms with E-state index >= 15 is 0 Å². The average molecular weight is 316 g/mol. The molecule has 21 heavy (non-hydrogen) atoms. The SMILES string of the molecule is N#Cc1c(SCC(=O)O)nc2c(c1C(F)(F)F)CCCC2. The molecule has 1 heterocycles. The van der Waals surface area contributed by atoms with E-state index in [4.69, 9.17) is 10.4 Å². The topological polar surface area (TPSA) is 74.0 Å². The van der Waals surface area contributed by atoms with Crippen LogP contribution in [0.25, 0.3) is 0 Å². The molecular weight excluding hydrogens is 305 g/mol. The molecule has 8 heteroatoms. The standard InChI is InChI=1S/C13H11F3N2O2S/c14-13(15,16)11-7-3-1-2-4-9(7)18-12(8(11)5-17)21-6-10(19)20/h1-4,6H2,(H,19,20). The predicted octanol–water partition coefficient (Wildman–Crippen LogP) is 3.03. The molecular formula is C13H11F3N2O2S. The number of carboxylic acids is 1. The van der Waals surface area contributed by atoms with Gasteiger partial charge in [0.1, 0.15) is 11.1 Å². The van der Waals surface area contributed by atoms with Gasteiger partial charge in [0.2, 0.25) is 0 Å². The molecule has 1 N–H and O–H groups in total. The van der Waals surface area contributed by atoms with Gasteiger partial charge in [-0.15, -0.1) is 0 Å². The first-order valence-corrected chi connectivity index (χ1v) is 7.20. The lowest BCUT2D eigenvalue weighted by Crippen LogP contribution is -2.19. The maximum Gasteiger partial charge on any atom is 0.418 e. The van der Waals surface area contributed by atoms with Gasteiger partial charge in [-0.3, -0.25) is 4.79 Å². The van der Waals surface area contributed by atoms with Crippen LogP contribution < -0.4 is 0 Å². The number of carboxylic acid groups (broad SMARTS) is 1. The quantitative estimate of drug-likeness (QED) is 0.868. The smallest absolute Gasteiger partial charge is 0.418 e. The molecule has 112 valence electrons. The number of nitriles is 1. The van der Waals surface area contributed by atoms with Crippen LogP contribution in [0.5, 0.6) is 0 Å². The molecule has 0 fully saturated rings. The van der Waals surface area contributed by atoms with Gasteiger partial charge < -0.3 is 5.11 Å². The second-order valence-corrected chi connectivity index (χ2v) is 5.56. The maximum absolute atomic E-state index is 13.3. The third kappa shape index (κ3) is 3.29. The summed E-state index contributed by atoms with van der Waals surface area (Å²) in [4.78, 5) is 14.7. The number of fused-ring (bicyclic) bond motifs is 1. The van der Waals surface area contributed by atoms with Crippen molar-refractivity contribution in [1.29, 1.82) is 5.26 Å². The van der Waals surface area contributed by atoms with Crippen molar-refractivity contribution in [2.45, 2.75) is 36.9 Å². The minimum Gasteiger partial charge on any atom is -0.481 e. The van der Waals surface area contributed by atoms with Crippen LogP contribution in [-0.4, -0.2) is 21.8 Å². The number of carbonyl (C=O) groups is 1. The lowest BCUT2D eigenvalue weighted by molar-refractivity contribution is -0.138. The first kappa shape index (κ1) is 15.6. The lowest BCUT2D eigenvalue weighted by Gasteiger charge is -2.22. The van der Waals surface area contributed by atoms with Gasteiger partial charge in [-0.25, -0.2) is 4.98 Å². The van der Waals surface area contributed by atoms with E-state index in [-0.39, 0.29) is 17.0 Å². The summed E-state index contributed by atoms with van der Waals surface area (Å²) in [6.07, 6.45) is -2.61. The largest absolute Gasteiger partial charge is 0.481 e. The Hall–Kier alpha value is -1.75. The molecule has 0 aromatic carbocycles. The number of alkyl halides is 3. The fourth-order valence-electron chi connectivity index (χ4n) is 2.37. The molecule has 1 aliphatic carbocycles. The van der Waals surface area contributed by atoms with E-state index in [2.05, 4.69) is 4.98 Å². The molecule has 1 aliphatic rings. The van der Waals surface area contributed by atoms with Crippen molar-refractivity contribution in [2.75, 3.05) is 5.75 Å². The highest BCUT2D eigenvalue weighted by Crippen LogP contribution is 2.41. The number of hydrogen-bond donors (Lipinski definition) is 1. The Morgan fingerprint density at radius 1 is 1.38 bits per heavy atom. The van der Waals surface area contributed by atoms with E-state index in [9.17, 15) is 18.0 Å². The van der Waals surface area contributed by atoms with Crippen LogP contribution in [0.4, 0.5) is 13.2 Å². The van der Waals surface area contributed by atoms with Gasteiger partial charge in [0.25, 0.3) is 0 Å². The van der Waals surface area contributed by atoms with Crippen molar-refractivity contribution in [3.05, 3.63) is 22.4 Å². The summed E-state index contributed by atoms with van der Waals surface area (Å²) in [6, 6.07) is 1.55. The number of pyridine rings is 1. The number of rotatable bonds is 3. The third-order valence-corrected chi connectivity index (χ3v) is 4.13. The van der Waals surface area contributed by atoms with Crippen LogP contribution in [0.1, 0.15) is 35.2 Å². The summed E-state index contributed by atoms with van der Waals surface area (Å²) < 4.78 is 39.9. The van der Waals surface area contributed by atoms with Crippen molar-refractivity contribution in [2.24, 2.45) is 0 Å². The minimum atomic E-state index is -4.64. The summed E-state index contributed by atoms with van der Waals surface area (Å²) >= 11 is 0.650. The van der Waals surface area contributed by atoms with Crippen LogP contribution in [0.15, 0.2) is 5.03 Å². The molecule has 0 amide bonds. The molecule has 1 aromatic rings. The minimum absolute atomic E-state index is 0.0879. The monoisotopic (exact) mass is 316 g/mol. The second kappa shape index (κ2) is 5.93. The van der Waals surface area contributed by atoms with Crippen molar-refractivity contribution in [1.82, 2.24) is 4.98 Å². The van der Waals surface area contributed by atoms with E-state index in [0.717, 1.165) is 6.42 Å². The zero-order chi connectivity index (χ0) is 15.6. The highest BCUT2D eigenvalue weighted by atomic mass is 32.2. The molecule has 0 radical (unpaired) electrons. The molecule has 0 spiro atoms. The molecule has 0 unspecified atom stereocenters. The number of aryl methyl sites for hydroxylation is 1. The Labute approximate surface area is 123 Å². The Morgan fingerprint density at radius 3 is 2.62 bits per heavy atom. The summed E-state index contributed by atoms with van der Waals surface area (Å²) in [5, 5.41) is 17.6. The van der Waals surface area contributed by atoms with Gasteiger partial charge in [0.15, 0.2) is 0 Å². The number of halogens is 3. The maximum atomic E-state index is 13.3. The van der Waals surface area contributed by atoms with E-state index in [1.165, 1.54) is 0 Å². The van der Waals surface area contributed by atoms with Gasteiger partial charge in [0.05, 0.1) is 16.9 Å². The average Bonchev–Trinajstić information content (AvgIpc) is 2.42.